The normalized spacial score (nSPS) is 36.4. The maximum atomic E-state index is 12.9. The van der Waals surface area contributed by atoms with Gasteiger partial charge in [0.15, 0.2) is 6.04 Å². The van der Waals surface area contributed by atoms with E-state index in [-0.39, 0.29) is 11.0 Å². The van der Waals surface area contributed by atoms with Gasteiger partial charge in [-0.2, -0.15) is 0 Å². The molecule has 24 heavy (non-hydrogen) atoms. The van der Waals surface area contributed by atoms with Crippen LogP contribution in [0.2, 0.25) is 0 Å². The van der Waals surface area contributed by atoms with Crippen LogP contribution in [-0.4, -0.2) is 52.6 Å². The first kappa shape index (κ1) is 17.2. The van der Waals surface area contributed by atoms with Crippen molar-refractivity contribution in [3.63, 3.8) is 0 Å². The molecule has 0 unspecified atom stereocenters. The smallest absolute Gasteiger partial charge is 0.416 e. The third-order valence-electron chi connectivity index (χ3n) is 5.11. The Hall–Kier alpha value is -1.63. The van der Waals surface area contributed by atoms with Crippen molar-refractivity contribution in [1.29, 1.82) is 0 Å². The summed E-state index contributed by atoms with van der Waals surface area (Å²) in [5.74, 6) is 0.142. The van der Waals surface area contributed by atoms with E-state index < -0.39 is 29.2 Å². The van der Waals surface area contributed by atoms with Crippen LogP contribution in [0, 0.1) is 5.41 Å². The van der Waals surface area contributed by atoms with E-state index in [1.165, 1.54) is 12.0 Å². The van der Waals surface area contributed by atoms with E-state index in [4.69, 9.17) is 20.2 Å². The lowest BCUT2D eigenvalue weighted by Gasteiger charge is -2.69. The van der Waals surface area contributed by atoms with Crippen LogP contribution in [0.3, 0.4) is 0 Å². The van der Waals surface area contributed by atoms with Crippen LogP contribution in [0.25, 0.3) is 0 Å². The molecule has 0 saturated heterocycles. The Balaban J connectivity index is 1.96. The Labute approximate surface area is 142 Å². The van der Waals surface area contributed by atoms with Crippen molar-refractivity contribution in [3.05, 3.63) is 0 Å². The van der Waals surface area contributed by atoms with Gasteiger partial charge in [0, 0.05) is 11.0 Å². The molecule has 1 atom stereocenters. The van der Waals surface area contributed by atoms with Gasteiger partial charge in [-0.15, -0.1) is 0 Å². The summed E-state index contributed by atoms with van der Waals surface area (Å²) >= 11 is 0. The molecule has 3 aliphatic carbocycles. The molecule has 2 bridgehead atoms. The number of methoxy groups -OCH3 is 1. The van der Waals surface area contributed by atoms with Gasteiger partial charge in [0.2, 0.25) is 0 Å². The quantitative estimate of drug-likeness (QED) is 0.776. The number of amides is 1. The molecule has 7 nitrogen and oxygen atoms in total. The molecule has 0 aromatic heterocycles. The lowest BCUT2D eigenvalue weighted by molar-refractivity contribution is -0.147. The molecular weight excluding hydrogens is 310 g/mol. The van der Waals surface area contributed by atoms with Crippen molar-refractivity contribution in [1.82, 2.24) is 4.90 Å². The van der Waals surface area contributed by atoms with Crippen molar-refractivity contribution in [3.8, 4) is 0 Å². The first-order valence-electron chi connectivity index (χ1n) is 8.32. The standard InChI is InChI=1S/C17H27N3O4/c1-14(2,3)24-13(22)20-10(11(21)23-6)15(4,5)19-12(20)16-7-17(18,8-16)9-16/h10H,7-9,18H2,1-6H3/t10-,16?,17?/m0/s1. The second-order valence-electron chi connectivity index (χ2n) is 9.04. The SMILES string of the molecule is COC(=O)[C@@H]1N(C(=O)OC(C)(C)C)C(C23CC(N)(C2)C3)=NC1(C)C. The average Bonchev–Trinajstić information content (AvgIpc) is 2.62. The maximum Gasteiger partial charge on any atom is 0.416 e. The highest BCUT2D eigenvalue weighted by Crippen LogP contribution is 2.67. The van der Waals surface area contributed by atoms with Gasteiger partial charge in [-0.25, -0.2) is 14.5 Å². The lowest BCUT2D eigenvalue weighted by Crippen LogP contribution is -2.76. The Morgan fingerprint density at radius 3 is 2.21 bits per heavy atom. The highest BCUT2D eigenvalue weighted by Gasteiger charge is 2.72. The number of carbonyl (C=O) groups is 2. The molecule has 4 aliphatic rings. The Bertz CT molecular complexity index is 612. The number of carbonyl (C=O) groups excluding carboxylic acids is 2. The summed E-state index contributed by atoms with van der Waals surface area (Å²) in [5.41, 5.74) is 4.41. The van der Waals surface area contributed by atoms with E-state index in [2.05, 4.69) is 0 Å². The van der Waals surface area contributed by atoms with E-state index in [1.807, 2.05) is 13.8 Å². The van der Waals surface area contributed by atoms with E-state index in [0.717, 1.165) is 19.3 Å². The summed E-state index contributed by atoms with van der Waals surface area (Å²) in [6, 6.07) is -0.824. The van der Waals surface area contributed by atoms with Crippen LogP contribution in [0.1, 0.15) is 53.9 Å². The Kier molecular flexibility index (Phi) is 3.38. The van der Waals surface area contributed by atoms with Crippen LogP contribution >= 0.6 is 0 Å². The summed E-state index contributed by atoms with van der Waals surface area (Å²) in [7, 11) is 1.32. The number of aliphatic imine (C=N–C) groups is 1. The van der Waals surface area contributed by atoms with Crippen LogP contribution in [0.4, 0.5) is 4.79 Å². The summed E-state index contributed by atoms with van der Waals surface area (Å²) in [4.78, 5) is 31.4. The zero-order chi connectivity index (χ0) is 18.1. The third-order valence-corrected chi connectivity index (χ3v) is 5.11. The number of amidine groups is 1. The predicted octanol–water partition coefficient (Wildman–Crippen LogP) is 1.84. The molecule has 0 aromatic carbocycles. The lowest BCUT2D eigenvalue weighted by atomic mass is 9.39. The van der Waals surface area contributed by atoms with Crippen molar-refractivity contribution in [2.24, 2.45) is 16.1 Å². The molecule has 0 radical (unpaired) electrons. The minimum absolute atomic E-state index is 0.129. The van der Waals surface area contributed by atoms with Gasteiger partial charge in [-0.3, -0.25) is 4.99 Å². The van der Waals surface area contributed by atoms with Gasteiger partial charge in [0.05, 0.1) is 12.6 Å². The van der Waals surface area contributed by atoms with Gasteiger partial charge in [-0.05, 0) is 53.9 Å². The predicted molar refractivity (Wildman–Crippen MR) is 88.6 cm³/mol. The molecule has 7 heteroatoms. The second kappa shape index (κ2) is 4.71. The first-order valence-corrected chi connectivity index (χ1v) is 8.32. The Morgan fingerprint density at radius 2 is 1.79 bits per heavy atom. The molecule has 4 rings (SSSR count). The van der Waals surface area contributed by atoms with E-state index in [9.17, 15) is 9.59 Å². The zero-order valence-corrected chi connectivity index (χ0v) is 15.3. The molecule has 1 heterocycles. The van der Waals surface area contributed by atoms with Crippen molar-refractivity contribution >= 4 is 17.9 Å². The van der Waals surface area contributed by atoms with Crippen molar-refractivity contribution in [2.45, 2.75) is 76.6 Å². The van der Waals surface area contributed by atoms with Crippen molar-refractivity contribution in [2.75, 3.05) is 7.11 Å². The van der Waals surface area contributed by atoms with Crippen LogP contribution in [0.15, 0.2) is 4.99 Å². The monoisotopic (exact) mass is 337 g/mol. The summed E-state index contributed by atoms with van der Waals surface area (Å²) < 4.78 is 10.5. The largest absolute Gasteiger partial charge is 0.467 e. The molecule has 2 N–H and O–H groups in total. The topological polar surface area (TPSA) is 94.2 Å². The summed E-state index contributed by atoms with van der Waals surface area (Å²) in [5, 5.41) is 0. The highest BCUT2D eigenvalue weighted by molar-refractivity contribution is 6.07. The Morgan fingerprint density at radius 1 is 1.25 bits per heavy atom. The molecule has 0 spiro atoms. The molecule has 134 valence electrons. The van der Waals surface area contributed by atoms with Gasteiger partial charge >= 0.3 is 12.1 Å². The van der Waals surface area contributed by atoms with Gasteiger partial charge in [0.25, 0.3) is 0 Å². The molecule has 3 fully saturated rings. The fourth-order valence-corrected chi connectivity index (χ4v) is 4.31. The van der Waals surface area contributed by atoms with Crippen LogP contribution in [0.5, 0.6) is 0 Å². The fourth-order valence-electron chi connectivity index (χ4n) is 4.31. The number of esters is 1. The van der Waals surface area contributed by atoms with E-state index in [1.54, 1.807) is 20.8 Å². The van der Waals surface area contributed by atoms with Gasteiger partial charge in [0.1, 0.15) is 11.4 Å². The van der Waals surface area contributed by atoms with Gasteiger partial charge in [-0.1, -0.05) is 0 Å². The number of nitrogens with zero attached hydrogens (tertiary/aromatic N) is 2. The number of hydrogen-bond acceptors (Lipinski definition) is 6. The molecular formula is C17H27N3O4. The molecule has 1 amide bonds. The summed E-state index contributed by atoms with van der Waals surface area (Å²) in [6.45, 7) is 9.06. The van der Waals surface area contributed by atoms with Gasteiger partial charge < -0.3 is 15.2 Å². The average molecular weight is 337 g/mol. The number of rotatable bonds is 2. The molecule has 3 saturated carbocycles. The minimum Gasteiger partial charge on any atom is -0.467 e. The zero-order valence-electron chi connectivity index (χ0n) is 15.3. The van der Waals surface area contributed by atoms with E-state index in [0.29, 0.717) is 5.84 Å². The maximum absolute atomic E-state index is 12.9. The fraction of sp³-hybridized carbons (Fsp3) is 0.824. The molecule has 1 aliphatic heterocycles. The van der Waals surface area contributed by atoms with Crippen LogP contribution in [-0.2, 0) is 14.3 Å². The first-order chi connectivity index (χ1) is 10.8. The highest BCUT2D eigenvalue weighted by atomic mass is 16.6. The third kappa shape index (κ3) is 2.41. The minimum atomic E-state index is -0.824. The number of ether oxygens (including phenoxy) is 2. The summed E-state index contributed by atoms with van der Waals surface area (Å²) in [6.07, 6.45) is 1.82. The number of hydrogen-bond donors (Lipinski definition) is 1. The van der Waals surface area contributed by atoms with Crippen molar-refractivity contribution < 1.29 is 19.1 Å². The van der Waals surface area contributed by atoms with E-state index >= 15 is 0 Å². The van der Waals surface area contributed by atoms with Crippen LogP contribution < -0.4 is 5.73 Å². The second-order valence-corrected chi connectivity index (χ2v) is 9.04. The molecule has 0 aromatic rings. The number of nitrogens with two attached hydrogens (primary N) is 1.